The molecule has 0 spiro atoms. The highest BCUT2D eigenvalue weighted by Gasteiger charge is 2.26. The fraction of sp³-hybridized carbons (Fsp3) is 0.389. The smallest absolute Gasteiger partial charge is 0.100 e. The van der Waals surface area contributed by atoms with Gasteiger partial charge in [0.2, 0.25) is 0 Å². The molecule has 0 N–H and O–H groups in total. The van der Waals surface area contributed by atoms with E-state index in [-0.39, 0.29) is 0 Å². The van der Waals surface area contributed by atoms with Crippen molar-refractivity contribution < 1.29 is 0 Å². The highest BCUT2D eigenvalue weighted by Crippen LogP contribution is 2.35. The molecule has 0 amide bonds. The Morgan fingerprint density at radius 1 is 1.14 bits per heavy atom. The van der Waals surface area contributed by atoms with Gasteiger partial charge in [-0.3, -0.25) is 4.90 Å². The Morgan fingerprint density at radius 3 is 2.81 bits per heavy atom. The standard InChI is InChI=1S/C18H22N2S/c1-21-18-16(10-7-12-19-18)17-11-5-6-13-20(17)14-15-8-3-2-4-9-15/h2-4,7-10,12,17H,5-6,11,13-14H2,1H3/t17-/m1/s1. The number of piperidine rings is 1. The molecule has 21 heavy (non-hydrogen) atoms. The molecule has 2 heterocycles. The summed E-state index contributed by atoms with van der Waals surface area (Å²) in [7, 11) is 0. The summed E-state index contributed by atoms with van der Waals surface area (Å²) in [4.78, 5) is 7.17. The highest BCUT2D eigenvalue weighted by molar-refractivity contribution is 7.98. The second-order valence-corrected chi connectivity index (χ2v) is 6.36. The van der Waals surface area contributed by atoms with Crippen LogP contribution in [-0.4, -0.2) is 22.7 Å². The zero-order valence-electron chi connectivity index (χ0n) is 12.5. The van der Waals surface area contributed by atoms with Crippen LogP contribution in [-0.2, 0) is 6.54 Å². The normalized spacial score (nSPS) is 19.6. The van der Waals surface area contributed by atoms with Crippen LogP contribution in [0.4, 0.5) is 0 Å². The lowest BCUT2D eigenvalue weighted by atomic mass is 9.95. The Balaban J connectivity index is 1.84. The van der Waals surface area contributed by atoms with Crippen molar-refractivity contribution in [3.05, 3.63) is 59.8 Å². The molecular weight excluding hydrogens is 276 g/mol. The number of nitrogens with zero attached hydrogens (tertiary/aromatic N) is 2. The molecule has 3 heteroatoms. The van der Waals surface area contributed by atoms with E-state index < -0.39 is 0 Å². The Kier molecular flexibility index (Phi) is 4.94. The van der Waals surface area contributed by atoms with E-state index in [0.717, 1.165) is 6.54 Å². The van der Waals surface area contributed by atoms with Gasteiger partial charge in [0.25, 0.3) is 0 Å². The summed E-state index contributed by atoms with van der Waals surface area (Å²) in [5.41, 5.74) is 2.81. The molecule has 0 unspecified atom stereocenters. The molecule has 1 atom stereocenters. The number of hydrogen-bond donors (Lipinski definition) is 0. The number of rotatable bonds is 4. The van der Waals surface area contributed by atoms with Gasteiger partial charge in [0.15, 0.2) is 0 Å². The van der Waals surface area contributed by atoms with Crippen molar-refractivity contribution in [1.29, 1.82) is 0 Å². The number of benzene rings is 1. The predicted molar refractivity (Wildman–Crippen MR) is 89.5 cm³/mol. The van der Waals surface area contributed by atoms with E-state index in [1.165, 1.54) is 42.0 Å². The molecule has 1 fully saturated rings. The summed E-state index contributed by atoms with van der Waals surface area (Å²) in [6.45, 7) is 2.22. The largest absolute Gasteiger partial charge is 0.292 e. The SMILES string of the molecule is CSc1ncccc1[C@H]1CCCCN1Cc1ccccc1. The van der Waals surface area contributed by atoms with Crippen molar-refractivity contribution in [2.75, 3.05) is 12.8 Å². The van der Waals surface area contributed by atoms with Gasteiger partial charge in [0.05, 0.1) is 0 Å². The predicted octanol–water partition coefficient (Wildman–Crippen LogP) is 4.53. The van der Waals surface area contributed by atoms with E-state index in [0.29, 0.717) is 6.04 Å². The van der Waals surface area contributed by atoms with Gasteiger partial charge in [-0.1, -0.05) is 42.8 Å². The molecule has 1 aliphatic heterocycles. The van der Waals surface area contributed by atoms with Gasteiger partial charge in [-0.2, -0.15) is 0 Å². The van der Waals surface area contributed by atoms with E-state index in [1.54, 1.807) is 11.8 Å². The van der Waals surface area contributed by atoms with Crippen molar-refractivity contribution >= 4 is 11.8 Å². The summed E-state index contributed by atoms with van der Waals surface area (Å²) in [6, 6.07) is 15.6. The zero-order valence-corrected chi connectivity index (χ0v) is 13.4. The molecule has 2 nitrogen and oxygen atoms in total. The number of pyridine rings is 1. The van der Waals surface area contributed by atoms with E-state index in [2.05, 4.69) is 58.6 Å². The van der Waals surface area contributed by atoms with Crippen LogP contribution >= 0.6 is 11.8 Å². The maximum Gasteiger partial charge on any atom is 0.100 e. The average molecular weight is 298 g/mol. The summed E-state index contributed by atoms with van der Waals surface area (Å²) in [6.07, 6.45) is 7.89. The molecule has 3 rings (SSSR count). The number of aromatic nitrogens is 1. The first kappa shape index (κ1) is 14.6. The maximum atomic E-state index is 4.55. The Labute approximate surface area is 131 Å². The minimum atomic E-state index is 0.509. The Morgan fingerprint density at radius 2 is 2.00 bits per heavy atom. The third kappa shape index (κ3) is 3.47. The lowest BCUT2D eigenvalue weighted by Gasteiger charge is -2.36. The quantitative estimate of drug-likeness (QED) is 0.771. The molecular formula is C18H22N2S. The van der Waals surface area contributed by atoms with Gasteiger partial charge >= 0.3 is 0 Å². The van der Waals surface area contributed by atoms with Crippen molar-refractivity contribution in [2.24, 2.45) is 0 Å². The lowest BCUT2D eigenvalue weighted by molar-refractivity contribution is 0.138. The second kappa shape index (κ2) is 7.10. The molecule has 1 aromatic heterocycles. The molecule has 1 aromatic carbocycles. The fourth-order valence-corrected chi connectivity index (χ4v) is 3.78. The molecule has 0 radical (unpaired) electrons. The first-order chi connectivity index (χ1) is 10.4. The lowest BCUT2D eigenvalue weighted by Crippen LogP contribution is -2.33. The van der Waals surface area contributed by atoms with Crippen LogP contribution in [0.25, 0.3) is 0 Å². The highest BCUT2D eigenvalue weighted by atomic mass is 32.2. The van der Waals surface area contributed by atoms with Gasteiger partial charge in [-0.25, -0.2) is 4.98 Å². The van der Waals surface area contributed by atoms with Gasteiger partial charge in [-0.05, 0) is 37.3 Å². The number of hydrogen-bond acceptors (Lipinski definition) is 3. The van der Waals surface area contributed by atoms with Crippen molar-refractivity contribution in [3.8, 4) is 0 Å². The van der Waals surface area contributed by atoms with Gasteiger partial charge in [0.1, 0.15) is 5.03 Å². The van der Waals surface area contributed by atoms with Crippen LogP contribution in [0.1, 0.15) is 36.4 Å². The minimum Gasteiger partial charge on any atom is -0.292 e. The van der Waals surface area contributed by atoms with Crippen LogP contribution in [0.15, 0.2) is 53.7 Å². The Hall–Kier alpha value is -1.32. The third-order valence-corrected chi connectivity index (χ3v) is 4.92. The van der Waals surface area contributed by atoms with Crippen molar-refractivity contribution in [2.45, 2.75) is 36.9 Å². The molecule has 0 bridgehead atoms. The van der Waals surface area contributed by atoms with Crippen LogP contribution in [0.5, 0.6) is 0 Å². The van der Waals surface area contributed by atoms with E-state index in [9.17, 15) is 0 Å². The first-order valence-electron chi connectivity index (χ1n) is 7.65. The van der Waals surface area contributed by atoms with Crippen molar-refractivity contribution in [1.82, 2.24) is 9.88 Å². The van der Waals surface area contributed by atoms with E-state index in [1.807, 2.05) is 6.20 Å². The molecule has 1 aliphatic rings. The van der Waals surface area contributed by atoms with Crippen LogP contribution < -0.4 is 0 Å². The third-order valence-electron chi connectivity index (χ3n) is 4.20. The topological polar surface area (TPSA) is 16.1 Å². The zero-order chi connectivity index (χ0) is 14.5. The van der Waals surface area contributed by atoms with Gasteiger partial charge < -0.3 is 0 Å². The minimum absolute atomic E-state index is 0.509. The molecule has 0 aliphatic carbocycles. The van der Waals surface area contributed by atoms with Crippen LogP contribution in [0.3, 0.4) is 0 Å². The van der Waals surface area contributed by atoms with E-state index in [4.69, 9.17) is 0 Å². The first-order valence-corrected chi connectivity index (χ1v) is 8.88. The molecule has 0 saturated carbocycles. The summed E-state index contributed by atoms with van der Waals surface area (Å²) in [5.74, 6) is 0. The average Bonchev–Trinajstić information content (AvgIpc) is 2.56. The van der Waals surface area contributed by atoms with Crippen molar-refractivity contribution in [3.63, 3.8) is 0 Å². The van der Waals surface area contributed by atoms with Crippen LogP contribution in [0.2, 0.25) is 0 Å². The summed E-state index contributed by atoms with van der Waals surface area (Å²) >= 11 is 1.76. The van der Waals surface area contributed by atoms with E-state index >= 15 is 0 Å². The molecule has 110 valence electrons. The summed E-state index contributed by atoms with van der Waals surface area (Å²) in [5, 5.41) is 1.18. The second-order valence-electron chi connectivity index (χ2n) is 5.57. The number of thioether (sulfide) groups is 1. The van der Waals surface area contributed by atoms with Crippen LogP contribution in [0, 0.1) is 0 Å². The maximum absolute atomic E-state index is 4.55. The molecule has 1 saturated heterocycles. The monoisotopic (exact) mass is 298 g/mol. The Bertz CT molecular complexity index is 570. The number of likely N-dealkylation sites (tertiary alicyclic amines) is 1. The molecule has 2 aromatic rings. The van der Waals surface area contributed by atoms with Gasteiger partial charge in [0, 0.05) is 24.3 Å². The fourth-order valence-electron chi connectivity index (χ4n) is 3.18. The summed E-state index contributed by atoms with van der Waals surface area (Å²) < 4.78 is 0. The van der Waals surface area contributed by atoms with Gasteiger partial charge in [-0.15, -0.1) is 11.8 Å².